The van der Waals surface area contributed by atoms with Gasteiger partial charge in [0.15, 0.2) is 5.78 Å². The molecule has 0 saturated heterocycles. The first-order valence-electron chi connectivity index (χ1n) is 19.4. The molecule has 11 heteroatoms. The summed E-state index contributed by atoms with van der Waals surface area (Å²) in [6.45, 7) is 12.0. The number of hydrogen-bond acceptors (Lipinski definition) is 7. The SMILES string of the molecule is CCCN(C)C(=O)c1cc(C(=O)O)cc(C(=O)c2cccnc2)c1.CCC[CH2][Sn]([CH2]CCC)([CH2]CCC)[c]1cc(C(=O)OC)cc(C(=O)N(C)CCC)c1. The van der Waals surface area contributed by atoms with Crippen molar-refractivity contribution in [3.8, 4) is 0 Å². The number of carbonyl (C=O) groups is 5. The number of aromatic carboxylic acids is 1. The van der Waals surface area contributed by atoms with Crippen LogP contribution < -0.4 is 3.58 Å². The van der Waals surface area contributed by atoms with Crippen LogP contribution in [-0.2, 0) is 4.74 Å². The van der Waals surface area contributed by atoms with Gasteiger partial charge in [-0.2, -0.15) is 0 Å². The number of ketones is 1. The molecule has 0 bridgehead atoms. The molecule has 1 heterocycles. The van der Waals surface area contributed by atoms with E-state index in [-0.39, 0.29) is 40.3 Å². The molecule has 3 rings (SSSR count). The van der Waals surface area contributed by atoms with Gasteiger partial charge in [0.2, 0.25) is 0 Å². The van der Waals surface area contributed by atoms with Crippen LogP contribution in [0.4, 0.5) is 0 Å². The standard InChI is InChI=1S/C18H18N2O4.C13H16NO3.3C4H9.Sn/c1-3-7-20(2)17(22)14-8-13(9-15(10-14)18(23)24)16(21)12-5-4-6-19-11-12;1-4-8-14(2)12(15)10-6-5-7-11(9-10)13(16)17-3;3*1-3-4-2;/h4-6,8-11H,3,7H2,1-2H3,(H,23,24);6-7,9H,4,8H2,1-3H3;3*1,3-4H2,2H3;. The molecule has 0 spiro atoms. The Labute approximate surface area is 326 Å². The van der Waals surface area contributed by atoms with Crippen molar-refractivity contribution < 1.29 is 33.8 Å². The Bertz CT molecular complexity index is 1670. The van der Waals surface area contributed by atoms with E-state index in [1.807, 2.05) is 14.0 Å². The molecule has 1 N–H and O–H groups in total. The van der Waals surface area contributed by atoms with E-state index in [2.05, 4.69) is 44.8 Å². The van der Waals surface area contributed by atoms with Gasteiger partial charge in [0, 0.05) is 42.7 Å². The van der Waals surface area contributed by atoms with Crippen LogP contribution in [0.25, 0.3) is 0 Å². The zero-order valence-electron chi connectivity index (χ0n) is 33.7. The molecule has 294 valence electrons. The number of ether oxygens (including phenoxy) is 1. The van der Waals surface area contributed by atoms with Gasteiger partial charge in [-0.1, -0.05) is 6.92 Å². The van der Waals surface area contributed by atoms with Gasteiger partial charge in [-0.05, 0) is 36.8 Å². The number of unbranched alkanes of at least 4 members (excludes halogenated alkanes) is 3. The molecule has 3 aromatic rings. The van der Waals surface area contributed by atoms with E-state index < -0.39 is 24.3 Å². The minimum atomic E-state index is -2.77. The van der Waals surface area contributed by atoms with E-state index in [0.29, 0.717) is 29.8 Å². The van der Waals surface area contributed by atoms with Crippen LogP contribution in [0.2, 0.25) is 13.3 Å². The van der Waals surface area contributed by atoms with E-state index in [1.165, 1.54) is 91.8 Å². The fourth-order valence-electron chi connectivity index (χ4n) is 6.63. The number of aromatic nitrogens is 1. The summed E-state index contributed by atoms with van der Waals surface area (Å²) >= 11 is -2.77. The molecular weight excluding hydrogens is 789 g/mol. The number of hydrogen-bond donors (Lipinski definition) is 1. The van der Waals surface area contributed by atoms with Gasteiger partial charge in [-0.3, -0.25) is 14.6 Å². The van der Waals surface area contributed by atoms with Crippen molar-refractivity contribution in [3.05, 3.63) is 94.3 Å². The molecule has 54 heavy (non-hydrogen) atoms. The topological polar surface area (TPSA) is 134 Å². The van der Waals surface area contributed by atoms with Gasteiger partial charge in [0.05, 0.1) is 5.56 Å². The normalized spacial score (nSPS) is 10.9. The summed E-state index contributed by atoms with van der Waals surface area (Å²) in [6.07, 6.45) is 11.9. The van der Waals surface area contributed by atoms with Crippen LogP contribution in [0.5, 0.6) is 0 Å². The zero-order chi connectivity index (χ0) is 40.3. The molecule has 0 atom stereocenters. The van der Waals surface area contributed by atoms with Crippen LogP contribution >= 0.6 is 0 Å². The fourth-order valence-corrected chi connectivity index (χ4v) is 22.7. The number of esters is 1. The number of amides is 2. The summed E-state index contributed by atoms with van der Waals surface area (Å²) < 4.78 is 10.3. The van der Waals surface area contributed by atoms with Crippen molar-refractivity contribution in [2.75, 3.05) is 34.3 Å². The van der Waals surface area contributed by atoms with Crippen molar-refractivity contribution >= 4 is 51.5 Å². The maximum atomic E-state index is 13.1. The van der Waals surface area contributed by atoms with Crippen LogP contribution in [0.15, 0.2) is 60.9 Å². The number of carboxylic acids is 1. The van der Waals surface area contributed by atoms with Crippen LogP contribution in [0.3, 0.4) is 0 Å². The van der Waals surface area contributed by atoms with Gasteiger partial charge in [0.1, 0.15) is 0 Å². The first kappa shape index (κ1) is 46.1. The van der Waals surface area contributed by atoms with Gasteiger partial charge in [-0.15, -0.1) is 0 Å². The van der Waals surface area contributed by atoms with Crippen molar-refractivity contribution in [1.82, 2.24) is 14.8 Å². The van der Waals surface area contributed by atoms with Crippen LogP contribution in [0.1, 0.15) is 143 Å². The molecule has 0 aliphatic rings. The average Bonchev–Trinajstić information content (AvgIpc) is 3.19. The summed E-state index contributed by atoms with van der Waals surface area (Å²) in [5, 5.41) is 9.26. The summed E-state index contributed by atoms with van der Waals surface area (Å²) in [6, 6.07) is 13.2. The minimum absolute atomic E-state index is 0.00511. The number of pyridine rings is 1. The van der Waals surface area contributed by atoms with E-state index in [1.54, 1.807) is 36.3 Å². The third-order valence-corrected chi connectivity index (χ3v) is 25.2. The molecule has 0 aliphatic carbocycles. The number of carboxylic acid groups (broad SMARTS) is 1. The third kappa shape index (κ3) is 13.4. The van der Waals surface area contributed by atoms with Gasteiger partial charge >= 0.3 is 195 Å². The molecule has 2 amide bonds. The Morgan fingerprint density at radius 2 is 1.11 bits per heavy atom. The van der Waals surface area contributed by atoms with E-state index in [9.17, 15) is 29.1 Å². The maximum absolute atomic E-state index is 13.1. The summed E-state index contributed by atoms with van der Waals surface area (Å²) in [5.41, 5.74) is 1.75. The molecular formula is C43H61N3O7Sn. The fraction of sp³-hybridized carbons (Fsp3) is 0.488. The monoisotopic (exact) mass is 851 g/mol. The van der Waals surface area contributed by atoms with E-state index in [0.717, 1.165) is 12.8 Å². The summed E-state index contributed by atoms with van der Waals surface area (Å²) in [7, 11) is 4.90. The Hall–Kier alpha value is -4.06. The van der Waals surface area contributed by atoms with Gasteiger partial charge < -0.3 is 10.0 Å². The first-order valence-corrected chi connectivity index (χ1v) is 26.9. The summed E-state index contributed by atoms with van der Waals surface area (Å²) in [4.78, 5) is 69.0. The van der Waals surface area contributed by atoms with E-state index >= 15 is 0 Å². The Balaban J connectivity index is 0.000000382. The molecule has 0 radical (unpaired) electrons. The number of benzene rings is 2. The summed E-state index contributed by atoms with van der Waals surface area (Å²) in [5.74, 6) is -2.22. The second kappa shape index (κ2) is 23.7. The van der Waals surface area contributed by atoms with Crippen molar-refractivity contribution in [3.63, 3.8) is 0 Å². The average molecular weight is 851 g/mol. The van der Waals surface area contributed by atoms with Crippen LogP contribution in [0, 0.1) is 0 Å². The number of methoxy groups -OCH3 is 1. The second-order valence-corrected chi connectivity index (χ2v) is 27.2. The Morgan fingerprint density at radius 1 is 0.648 bits per heavy atom. The van der Waals surface area contributed by atoms with Gasteiger partial charge in [0.25, 0.3) is 5.91 Å². The Kier molecular flexibility index (Phi) is 20.2. The Morgan fingerprint density at radius 3 is 1.56 bits per heavy atom. The van der Waals surface area contributed by atoms with Crippen molar-refractivity contribution in [2.45, 2.75) is 99.3 Å². The second-order valence-electron chi connectivity index (χ2n) is 14.0. The molecule has 10 nitrogen and oxygen atoms in total. The molecule has 2 aromatic carbocycles. The van der Waals surface area contributed by atoms with Crippen LogP contribution in [-0.4, -0.2) is 102 Å². The van der Waals surface area contributed by atoms with Crippen molar-refractivity contribution in [1.29, 1.82) is 0 Å². The molecule has 0 unspecified atom stereocenters. The predicted octanol–water partition coefficient (Wildman–Crippen LogP) is 8.50. The molecule has 0 fully saturated rings. The molecule has 0 aliphatic heterocycles. The molecule has 0 saturated carbocycles. The quantitative estimate of drug-likeness (QED) is 0.0680. The number of nitrogens with zero attached hydrogens (tertiary/aromatic N) is 3. The zero-order valence-corrected chi connectivity index (χ0v) is 36.6. The van der Waals surface area contributed by atoms with Crippen molar-refractivity contribution in [2.24, 2.45) is 0 Å². The number of carbonyl (C=O) groups excluding carboxylic acids is 4. The third-order valence-electron chi connectivity index (χ3n) is 9.66. The van der Waals surface area contributed by atoms with E-state index in [4.69, 9.17) is 4.74 Å². The number of rotatable bonds is 20. The first-order chi connectivity index (χ1) is 25.8. The van der Waals surface area contributed by atoms with Gasteiger partial charge in [-0.25, -0.2) is 4.79 Å². The molecule has 1 aromatic heterocycles. The predicted molar refractivity (Wildman–Crippen MR) is 218 cm³/mol.